The number of piperidine rings is 1. The van der Waals surface area contributed by atoms with Crippen LogP contribution in [-0.2, 0) is 5.41 Å². The van der Waals surface area contributed by atoms with E-state index in [0.29, 0.717) is 11.3 Å². The van der Waals surface area contributed by atoms with Gasteiger partial charge in [0.05, 0.1) is 0 Å². The molecule has 0 bridgehead atoms. The van der Waals surface area contributed by atoms with Crippen LogP contribution in [0, 0.1) is 11.2 Å². The minimum atomic E-state index is -0.0626. The molecule has 2 aliphatic rings. The number of hydrogen-bond acceptors (Lipinski definition) is 1. The van der Waals surface area contributed by atoms with Crippen molar-refractivity contribution in [1.29, 1.82) is 0 Å². The Balaban J connectivity index is 1.73. The van der Waals surface area contributed by atoms with E-state index in [2.05, 4.69) is 32.6 Å². The Kier molecular flexibility index (Phi) is 4.57. The van der Waals surface area contributed by atoms with Crippen molar-refractivity contribution in [1.82, 2.24) is 4.90 Å². The molecule has 1 aliphatic heterocycles. The van der Waals surface area contributed by atoms with Gasteiger partial charge in [0.25, 0.3) is 0 Å². The highest BCUT2D eigenvalue weighted by Gasteiger charge is 2.41. The average Bonchev–Trinajstić information content (AvgIpc) is 2.50. The van der Waals surface area contributed by atoms with Gasteiger partial charge in [-0.05, 0) is 91.7 Å². The topological polar surface area (TPSA) is 3.24 Å². The normalized spacial score (nSPS) is 24.7. The lowest BCUT2D eigenvalue weighted by Gasteiger charge is -2.47. The van der Waals surface area contributed by atoms with Gasteiger partial charge in [0.15, 0.2) is 0 Å². The van der Waals surface area contributed by atoms with Crippen molar-refractivity contribution in [3.8, 4) is 0 Å². The molecule has 1 aromatic carbocycles. The van der Waals surface area contributed by atoms with E-state index in [4.69, 9.17) is 0 Å². The molecular formula is C21H32FN. The van der Waals surface area contributed by atoms with Crippen LogP contribution in [0.3, 0.4) is 0 Å². The quantitative estimate of drug-likeness (QED) is 0.697. The lowest BCUT2D eigenvalue weighted by Crippen LogP contribution is -2.45. The number of halogens is 1. The zero-order valence-electron chi connectivity index (χ0n) is 15.3. The fourth-order valence-electron chi connectivity index (χ4n) is 4.42. The average molecular weight is 317 g/mol. The third kappa shape index (κ3) is 3.63. The highest BCUT2D eigenvalue weighted by atomic mass is 19.1. The van der Waals surface area contributed by atoms with Gasteiger partial charge in [-0.3, -0.25) is 0 Å². The Labute approximate surface area is 141 Å². The van der Waals surface area contributed by atoms with Crippen LogP contribution in [0.15, 0.2) is 18.2 Å². The van der Waals surface area contributed by atoms with Gasteiger partial charge in [0.1, 0.15) is 5.82 Å². The van der Waals surface area contributed by atoms with E-state index >= 15 is 0 Å². The Morgan fingerprint density at radius 3 is 2.52 bits per heavy atom. The largest absolute Gasteiger partial charge is 0.303 e. The maximum atomic E-state index is 13.9. The molecule has 0 amide bonds. The first-order valence-electron chi connectivity index (χ1n) is 9.31. The fraction of sp³-hybridized carbons (Fsp3) is 0.714. The third-order valence-corrected chi connectivity index (χ3v) is 6.16. The minimum Gasteiger partial charge on any atom is -0.303 e. The summed E-state index contributed by atoms with van der Waals surface area (Å²) in [5.74, 6) is 0.516. The van der Waals surface area contributed by atoms with E-state index in [1.807, 2.05) is 12.1 Å². The first kappa shape index (κ1) is 17.0. The van der Waals surface area contributed by atoms with E-state index in [0.717, 1.165) is 0 Å². The molecule has 1 nitrogen and oxygen atoms in total. The van der Waals surface area contributed by atoms with E-state index in [-0.39, 0.29) is 11.2 Å². The summed E-state index contributed by atoms with van der Waals surface area (Å²) >= 11 is 0. The zero-order chi connectivity index (χ0) is 16.7. The van der Waals surface area contributed by atoms with E-state index < -0.39 is 0 Å². The Morgan fingerprint density at radius 2 is 1.87 bits per heavy atom. The first-order chi connectivity index (χ1) is 10.8. The molecule has 1 fully saturated rings. The van der Waals surface area contributed by atoms with Gasteiger partial charge in [0.2, 0.25) is 0 Å². The van der Waals surface area contributed by atoms with E-state index in [1.54, 1.807) is 6.07 Å². The lowest BCUT2D eigenvalue weighted by molar-refractivity contribution is 0.129. The van der Waals surface area contributed by atoms with Gasteiger partial charge in [-0.2, -0.15) is 0 Å². The second kappa shape index (κ2) is 6.20. The Bertz CT molecular complexity index is 549. The molecule has 1 aliphatic carbocycles. The summed E-state index contributed by atoms with van der Waals surface area (Å²) in [5, 5.41) is 0. The predicted octanol–water partition coefficient (Wildman–Crippen LogP) is 5.49. The summed E-state index contributed by atoms with van der Waals surface area (Å²) in [6, 6.07) is 5.53. The van der Waals surface area contributed by atoms with Crippen LogP contribution in [-0.4, -0.2) is 24.5 Å². The second-order valence-corrected chi connectivity index (χ2v) is 9.10. The SMILES string of the molecule is C[C@H]1CCC2(CCN(CCC(C)(C)C)CC2)c2cc(F)ccc21. The molecule has 1 saturated heterocycles. The first-order valence-corrected chi connectivity index (χ1v) is 9.31. The molecule has 2 heteroatoms. The summed E-state index contributed by atoms with van der Waals surface area (Å²) in [4.78, 5) is 2.62. The predicted molar refractivity (Wildman–Crippen MR) is 95.5 cm³/mol. The van der Waals surface area contributed by atoms with Gasteiger partial charge in [0, 0.05) is 0 Å². The number of nitrogens with zero attached hydrogens (tertiary/aromatic N) is 1. The summed E-state index contributed by atoms with van der Waals surface area (Å²) in [7, 11) is 0. The smallest absolute Gasteiger partial charge is 0.123 e. The van der Waals surface area contributed by atoms with Crippen LogP contribution in [0.25, 0.3) is 0 Å². The molecular weight excluding hydrogens is 285 g/mol. The Morgan fingerprint density at radius 1 is 1.17 bits per heavy atom. The standard InChI is InChI=1S/C21H32FN/c1-16-7-8-21(19-15-17(22)5-6-18(16)19)10-13-23(14-11-21)12-9-20(2,3)4/h5-6,15-16H,7-14H2,1-4H3/t16-/m0/s1. The number of rotatable bonds is 2. The van der Waals surface area contributed by atoms with Crippen molar-refractivity contribution in [3.05, 3.63) is 35.1 Å². The van der Waals surface area contributed by atoms with Crippen LogP contribution in [0.2, 0.25) is 0 Å². The highest BCUT2D eigenvalue weighted by Crippen LogP contribution is 2.48. The van der Waals surface area contributed by atoms with Crippen molar-refractivity contribution in [3.63, 3.8) is 0 Å². The van der Waals surface area contributed by atoms with E-state index in [1.165, 1.54) is 62.9 Å². The third-order valence-electron chi connectivity index (χ3n) is 6.16. The second-order valence-electron chi connectivity index (χ2n) is 9.10. The van der Waals surface area contributed by atoms with Gasteiger partial charge in [-0.15, -0.1) is 0 Å². The van der Waals surface area contributed by atoms with Crippen molar-refractivity contribution in [2.24, 2.45) is 5.41 Å². The summed E-state index contributed by atoms with van der Waals surface area (Å²) in [6.45, 7) is 12.8. The molecule has 0 unspecified atom stereocenters. The van der Waals surface area contributed by atoms with Gasteiger partial charge < -0.3 is 4.90 Å². The van der Waals surface area contributed by atoms with Crippen LogP contribution < -0.4 is 0 Å². The maximum Gasteiger partial charge on any atom is 0.123 e. The van der Waals surface area contributed by atoms with Gasteiger partial charge >= 0.3 is 0 Å². The molecule has 1 atom stereocenters. The zero-order valence-corrected chi connectivity index (χ0v) is 15.3. The van der Waals surface area contributed by atoms with Crippen LogP contribution >= 0.6 is 0 Å². The summed E-state index contributed by atoms with van der Waals surface area (Å²) in [6.07, 6.45) is 6.13. The molecule has 1 heterocycles. The highest BCUT2D eigenvalue weighted by molar-refractivity contribution is 5.40. The molecule has 1 aromatic rings. The summed E-state index contributed by atoms with van der Waals surface area (Å²) < 4.78 is 13.9. The molecule has 3 rings (SSSR count). The minimum absolute atomic E-state index is 0.0626. The van der Waals surface area contributed by atoms with Crippen LogP contribution in [0.1, 0.15) is 76.8 Å². The maximum absolute atomic E-state index is 13.9. The number of fused-ring (bicyclic) bond motifs is 2. The molecule has 23 heavy (non-hydrogen) atoms. The number of hydrogen-bond donors (Lipinski definition) is 0. The van der Waals surface area contributed by atoms with Gasteiger partial charge in [-0.25, -0.2) is 4.39 Å². The van der Waals surface area contributed by atoms with Crippen LogP contribution in [0.5, 0.6) is 0 Å². The number of likely N-dealkylation sites (tertiary alicyclic amines) is 1. The molecule has 1 spiro atoms. The van der Waals surface area contributed by atoms with Crippen LogP contribution in [0.4, 0.5) is 4.39 Å². The fourth-order valence-corrected chi connectivity index (χ4v) is 4.42. The number of benzene rings is 1. The monoisotopic (exact) mass is 317 g/mol. The Hall–Kier alpha value is -0.890. The molecule has 0 N–H and O–H groups in total. The lowest BCUT2D eigenvalue weighted by atomic mass is 9.62. The molecule has 0 aromatic heterocycles. The van der Waals surface area contributed by atoms with E-state index in [9.17, 15) is 4.39 Å². The van der Waals surface area contributed by atoms with Crippen molar-refractivity contribution in [2.45, 2.75) is 71.1 Å². The molecule has 0 saturated carbocycles. The van der Waals surface area contributed by atoms with Crippen molar-refractivity contribution >= 4 is 0 Å². The molecule has 128 valence electrons. The van der Waals surface area contributed by atoms with Crippen molar-refractivity contribution in [2.75, 3.05) is 19.6 Å². The van der Waals surface area contributed by atoms with Crippen molar-refractivity contribution < 1.29 is 4.39 Å². The summed E-state index contributed by atoms with van der Waals surface area (Å²) in [5.41, 5.74) is 3.38. The van der Waals surface area contributed by atoms with Gasteiger partial charge in [-0.1, -0.05) is 33.8 Å². The molecule has 0 radical (unpaired) electrons.